The van der Waals surface area contributed by atoms with Crippen LogP contribution in [0, 0.1) is 0 Å². The molecule has 4 aromatic rings. The third-order valence-corrected chi connectivity index (χ3v) is 7.63. The van der Waals surface area contributed by atoms with E-state index in [0.29, 0.717) is 43.4 Å². The standard InChI is InChI=1S/C30H28N2O6S/c1-6-38-29(34)25-17(2)31-30-32(27(25)26-20-10-8-7-9-19(20)12-14-22(26)36-4)28(33)24(39-30)16-18-11-13-21(35-3)23(15-18)37-5/h7-16,27H,6H2,1-5H3/b24-16+/t27-/m0/s1. The van der Waals surface area contributed by atoms with Gasteiger partial charge in [0, 0.05) is 5.56 Å². The Morgan fingerprint density at radius 3 is 2.44 bits per heavy atom. The maximum Gasteiger partial charge on any atom is 0.338 e. The number of rotatable bonds is 7. The molecule has 0 fully saturated rings. The molecule has 0 amide bonds. The highest BCUT2D eigenvalue weighted by atomic mass is 32.1. The summed E-state index contributed by atoms with van der Waals surface area (Å²) in [6, 6.07) is 16.3. The van der Waals surface area contributed by atoms with E-state index in [1.165, 1.54) is 11.3 Å². The third kappa shape index (κ3) is 4.59. The normalized spacial score (nSPS) is 15.1. The molecular weight excluding hydrogens is 516 g/mol. The molecule has 0 saturated heterocycles. The molecule has 0 bridgehead atoms. The summed E-state index contributed by atoms with van der Waals surface area (Å²) in [5, 5.41) is 1.83. The predicted molar refractivity (Wildman–Crippen MR) is 150 cm³/mol. The van der Waals surface area contributed by atoms with Gasteiger partial charge in [0.2, 0.25) is 0 Å². The second-order valence-corrected chi connectivity index (χ2v) is 9.83. The van der Waals surface area contributed by atoms with Crippen molar-refractivity contribution in [1.82, 2.24) is 4.57 Å². The fourth-order valence-electron chi connectivity index (χ4n) is 4.89. The molecule has 0 aliphatic carbocycles. The van der Waals surface area contributed by atoms with Crippen molar-refractivity contribution in [2.24, 2.45) is 4.99 Å². The highest BCUT2D eigenvalue weighted by Crippen LogP contribution is 2.40. The predicted octanol–water partition coefficient (Wildman–Crippen LogP) is 3.98. The minimum Gasteiger partial charge on any atom is -0.496 e. The first-order valence-electron chi connectivity index (χ1n) is 12.4. The number of carbonyl (C=O) groups is 1. The van der Waals surface area contributed by atoms with Crippen molar-refractivity contribution >= 4 is 34.2 Å². The molecule has 3 aromatic carbocycles. The molecule has 0 saturated carbocycles. The van der Waals surface area contributed by atoms with E-state index in [-0.39, 0.29) is 12.2 Å². The van der Waals surface area contributed by atoms with E-state index in [4.69, 9.17) is 18.9 Å². The van der Waals surface area contributed by atoms with Crippen LogP contribution in [0.3, 0.4) is 0 Å². The number of fused-ring (bicyclic) bond motifs is 2. The Morgan fingerprint density at radius 2 is 1.72 bits per heavy atom. The maximum absolute atomic E-state index is 14.1. The molecule has 0 unspecified atom stereocenters. The highest BCUT2D eigenvalue weighted by molar-refractivity contribution is 7.07. The van der Waals surface area contributed by atoms with E-state index in [9.17, 15) is 9.59 Å². The Morgan fingerprint density at radius 1 is 1.00 bits per heavy atom. The van der Waals surface area contributed by atoms with E-state index < -0.39 is 12.0 Å². The Labute approximate surface area is 229 Å². The van der Waals surface area contributed by atoms with Crippen LogP contribution in [0.2, 0.25) is 0 Å². The number of hydrogen-bond donors (Lipinski definition) is 0. The van der Waals surface area contributed by atoms with Gasteiger partial charge in [0.1, 0.15) is 11.8 Å². The van der Waals surface area contributed by atoms with Gasteiger partial charge in [0.15, 0.2) is 16.3 Å². The van der Waals surface area contributed by atoms with Crippen LogP contribution >= 0.6 is 11.3 Å². The number of nitrogens with zero attached hydrogens (tertiary/aromatic N) is 2. The van der Waals surface area contributed by atoms with Crippen LogP contribution in [0.1, 0.15) is 31.0 Å². The first-order valence-corrected chi connectivity index (χ1v) is 13.2. The zero-order valence-electron chi connectivity index (χ0n) is 22.3. The van der Waals surface area contributed by atoms with Gasteiger partial charge in [-0.1, -0.05) is 47.7 Å². The van der Waals surface area contributed by atoms with E-state index in [1.807, 2.05) is 42.5 Å². The van der Waals surface area contributed by atoms with Crippen LogP contribution in [0.4, 0.5) is 0 Å². The largest absolute Gasteiger partial charge is 0.496 e. The second-order valence-electron chi connectivity index (χ2n) is 8.82. The molecule has 0 radical (unpaired) electrons. The van der Waals surface area contributed by atoms with E-state index in [0.717, 1.165) is 16.3 Å². The van der Waals surface area contributed by atoms with Crippen molar-refractivity contribution in [1.29, 1.82) is 0 Å². The van der Waals surface area contributed by atoms with Gasteiger partial charge in [-0.2, -0.15) is 0 Å². The molecule has 9 heteroatoms. The lowest BCUT2D eigenvalue weighted by atomic mass is 9.90. The Kier molecular flexibility index (Phi) is 7.26. The van der Waals surface area contributed by atoms with Gasteiger partial charge < -0.3 is 18.9 Å². The van der Waals surface area contributed by atoms with Gasteiger partial charge >= 0.3 is 5.97 Å². The van der Waals surface area contributed by atoms with Crippen molar-refractivity contribution in [3.63, 3.8) is 0 Å². The molecule has 0 spiro atoms. The lowest BCUT2D eigenvalue weighted by Gasteiger charge is -2.27. The zero-order valence-corrected chi connectivity index (χ0v) is 23.1. The number of thiazole rings is 1. The van der Waals surface area contributed by atoms with Crippen molar-refractivity contribution in [3.8, 4) is 17.2 Å². The SMILES string of the molecule is CCOC(=O)C1=C(C)N=c2s/c(=C/c3ccc(OC)c(OC)c3)c(=O)n2[C@@H]1c1c(OC)ccc2ccccc12. The average molecular weight is 545 g/mol. The minimum absolute atomic E-state index is 0.193. The lowest BCUT2D eigenvalue weighted by molar-refractivity contribution is -0.139. The molecule has 1 aliphatic rings. The zero-order chi connectivity index (χ0) is 27.7. The number of methoxy groups -OCH3 is 3. The first kappa shape index (κ1) is 26.2. The summed E-state index contributed by atoms with van der Waals surface area (Å²) in [6.45, 7) is 3.71. The van der Waals surface area contributed by atoms with Crippen LogP contribution in [0.15, 0.2) is 75.7 Å². The summed E-state index contributed by atoms with van der Waals surface area (Å²) in [5.74, 6) is 1.18. The molecule has 39 heavy (non-hydrogen) atoms. The molecule has 1 aromatic heterocycles. The smallest absolute Gasteiger partial charge is 0.338 e. The fraction of sp³-hybridized carbons (Fsp3) is 0.233. The molecule has 5 rings (SSSR count). The molecular formula is C30H28N2O6S. The van der Waals surface area contributed by atoms with Crippen LogP contribution in [0.5, 0.6) is 17.2 Å². The summed E-state index contributed by atoms with van der Waals surface area (Å²) in [5.41, 5.74) is 1.98. The molecule has 200 valence electrons. The van der Waals surface area contributed by atoms with Crippen LogP contribution < -0.4 is 29.1 Å². The Balaban J connectivity index is 1.81. The number of esters is 1. The monoisotopic (exact) mass is 544 g/mol. The fourth-order valence-corrected chi connectivity index (χ4v) is 5.94. The lowest BCUT2D eigenvalue weighted by Crippen LogP contribution is -2.40. The van der Waals surface area contributed by atoms with Crippen molar-refractivity contribution in [2.75, 3.05) is 27.9 Å². The van der Waals surface area contributed by atoms with Gasteiger partial charge in [-0.05, 0) is 54.5 Å². The number of ether oxygens (including phenoxy) is 4. The molecule has 0 N–H and O–H groups in total. The minimum atomic E-state index is -0.797. The van der Waals surface area contributed by atoms with Crippen LogP contribution in [-0.4, -0.2) is 38.5 Å². The third-order valence-electron chi connectivity index (χ3n) is 6.65. The van der Waals surface area contributed by atoms with Gasteiger partial charge in [0.05, 0.1) is 43.7 Å². The number of aromatic nitrogens is 1. The van der Waals surface area contributed by atoms with Gasteiger partial charge in [-0.25, -0.2) is 9.79 Å². The van der Waals surface area contributed by atoms with Crippen molar-refractivity contribution in [2.45, 2.75) is 19.9 Å². The van der Waals surface area contributed by atoms with Crippen molar-refractivity contribution in [3.05, 3.63) is 96.7 Å². The molecule has 1 atom stereocenters. The number of carbonyl (C=O) groups excluding carboxylic acids is 1. The van der Waals surface area contributed by atoms with Gasteiger partial charge in [-0.15, -0.1) is 0 Å². The highest BCUT2D eigenvalue weighted by Gasteiger charge is 2.36. The van der Waals surface area contributed by atoms with E-state index in [1.54, 1.807) is 58.0 Å². The second kappa shape index (κ2) is 10.8. The maximum atomic E-state index is 14.1. The average Bonchev–Trinajstić information content (AvgIpc) is 3.25. The quantitative estimate of drug-likeness (QED) is 0.327. The Hall–Kier alpha value is -4.37. The summed E-state index contributed by atoms with van der Waals surface area (Å²) in [7, 11) is 4.71. The van der Waals surface area contributed by atoms with E-state index in [2.05, 4.69) is 4.99 Å². The topological polar surface area (TPSA) is 88.4 Å². The first-order chi connectivity index (χ1) is 18.9. The van der Waals surface area contributed by atoms with Gasteiger partial charge in [-0.3, -0.25) is 9.36 Å². The summed E-state index contributed by atoms with van der Waals surface area (Å²) < 4.78 is 24.0. The summed E-state index contributed by atoms with van der Waals surface area (Å²) in [4.78, 5) is 32.6. The number of hydrogen-bond acceptors (Lipinski definition) is 8. The number of benzene rings is 3. The summed E-state index contributed by atoms with van der Waals surface area (Å²) >= 11 is 1.26. The van der Waals surface area contributed by atoms with Crippen LogP contribution in [-0.2, 0) is 9.53 Å². The molecule has 8 nitrogen and oxygen atoms in total. The van der Waals surface area contributed by atoms with E-state index >= 15 is 0 Å². The molecule has 2 heterocycles. The summed E-state index contributed by atoms with van der Waals surface area (Å²) in [6.07, 6.45) is 1.78. The number of allylic oxidation sites excluding steroid dienone is 1. The Bertz CT molecular complexity index is 1800. The van der Waals surface area contributed by atoms with Gasteiger partial charge in [0.25, 0.3) is 5.56 Å². The molecule has 1 aliphatic heterocycles. The van der Waals surface area contributed by atoms with Crippen molar-refractivity contribution < 1.29 is 23.7 Å². The van der Waals surface area contributed by atoms with Crippen LogP contribution in [0.25, 0.3) is 16.8 Å².